The third-order valence-electron chi connectivity index (χ3n) is 5.69. The number of amides is 3. The molecule has 0 aliphatic carbocycles. The Labute approximate surface area is 214 Å². The highest BCUT2D eigenvalue weighted by Crippen LogP contribution is 2.27. The number of benzene rings is 2. The summed E-state index contributed by atoms with van der Waals surface area (Å²) in [5.41, 5.74) is 1.32. The van der Waals surface area contributed by atoms with E-state index in [4.69, 9.17) is 13.6 Å². The number of carbonyl (C=O) groups excluding carboxylic acids is 3. The summed E-state index contributed by atoms with van der Waals surface area (Å²) in [6, 6.07) is 21.8. The van der Waals surface area contributed by atoms with E-state index in [0.717, 1.165) is 0 Å². The Hall–Kier alpha value is -4.79. The average Bonchev–Trinajstić information content (AvgIpc) is 3.66. The van der Waals surface area contributed by atoms with Crippen molar-refractivity contribution in [2.24, 2.45) is 0 Å². The quantitative estimate of drug-likeness (QED) is 0.324. The summed E-state index contributed by atoms with van der Waals surface area (Å²) >= 11 is 0. The van der Waals surface area contributed by atoms with Crippen LogP contribution < -0.4 is 15.4 Å². The topological polar surface area (TPSA) is 114 Å². The lowest BCUT2D eigenvalue weighted by Crippen LogP contribution is -2.46. The van der Waals surface area contributed by atoms with Crippen LogP contribution in [0.4, 0.5) is 0 Å². The Balaban J connectivity index is 1.64. The molecule has 37 heavy (non-hydrogen) atoms. The van der Waals surface area contributed by atoms with Crippen molar-refractivity contribution in [2.75, 3.05) is 13.7 Å². The number of methoxy groups -OCH3 is 1. The maximum absolute atomic E-state index is 13.6. The number of nitrogens with one attached hydrogen (secondary N) is 2. The molecule has 4 rings (SSSR count). The number of para-hydroxylation sites is 1. The summed E-state index contributed by atoms with van der Waals surface area (Å²) in [7, 11) is 1.54. The fraction of sp³-hybridized carbons (Fsp3) is 0.179. The zero-order chi connectivity index (χ0) is 26.0. The minimum atomic E-state index is -0.992. The first-order chi connectivity index (χ1) is 18.1. The van der Waals surface area contributed by atoms with Crippen molar-refractivity contribution in [3.63, 3.8) is 0 Å². The van der Waals surface area contributed by atoms with Gasteiger partial charge in [0.1, 0.15) is 17.6 Å². The first kappa shape index (κ1) is 25.3. The van der Waals surface area contributed by atoms with Gasteiger partial charge < -0.3 is 29.1 Å². The van der Waals surface area contributed by atoms with Crippen molar-refractivity contribution in [2.45, 2.75) is 19.1 Å². The SMILES string of the molecule is COc1ccccc1CN(C(=O)CNC(=O)c1ccco1)[C@H](C(=O)NCc1ccco1)c1ccccc1. The van der Waals surface area contributed by atoms with E-state index in [1.54, 1.807) is 55.6 Å². The monoisotopic (exact) mass is 501 g/mol. The van der Waals surface area contributed by atoms with Gasteiger partial charge >= 0.3 is 0 Å². The molecule has 0 unspecified atom stereocenters. The lowest BCUT2D eigenvalue weighted by atomic mass is 10.0. The zero-order valence-electron chi connectivity index (χ0n) is 20.3. The van der Waals surface area contributed by atoms with Crippen LogP contribution in [0.1, 0.15) is 33.5 Å². The second-order valence-corrected chi connectivity index (χ2v) is 8.10. The first-order valence-electron chi connectivity index (χ1n) is 11.6. The Bertz CT molecular complexity index is 1300. The molecule has 0 spiro atoms. The van der Waals surface area contributed by atoms with Crippen LogP contribution >= 0.6 is 0 Å². The molecule has 2 heterocycles. The number of rotatable bonds is 11. The van der Waals surface area contributed by atoms with Gasteiger partial charge in [0.25, 0.3) is 5.91 Å². The van der Waals surface area contributed by atoms with E-state index in [1.807, 2.05) is 24.3 Å². The van der Waals surface area contributed by atoms with E-state index in [-0.39, 0.29) is 25.4 Å². The van der Waals surface area contributed by atoms with Gasteiger partial charge in [-0.2, -0.15) is 0 Å². The molecule has 0 aliphatic rings. The molecule has 0 fully saturated rings. The van der Waals surface area contributed by atoms with Crippen LogP contribution in [0.2, 0.25) is 0 Å². The summed E-state index contributed by atoms with van der Waals surface area (Å²) in [5.74, 6) is -0.166. The van der Waals surface area contributed by atoms with E-state index >= 15 is 0 Å². The smallest absolute Gasteiger partial charge is 0.287 e. The van der Waals surface area contributed by atoms with Crippen LogP contribution in [-0.2, 0) is 22.7 Å². The molecule has 2 aromatic heterocycles. The van der Waals surface area contributed by atoms with Gasteiger partial charge in [0, 0.05) is 5.56 Å². The van der Waals surface area contributed by atoms with Crippen molar-refractivity contribution in [3.05, 3.63) is 114 Å². The van der Waals surface area contributed by atoms with E-state index in [2.05, 4.69) is 10.6 Å². The van der Waals surface area contributed by atoms with E-state index in [9.17, 15) is 14.4 Å². The summed E-state index contributed by atoms with van der Waals surface area (Å²) in [6.45, 7) is -0.127. The normalized spacial score (nSPS) is 11.4. The molecule has 9 nitrogen and oxygen atoms in total. The fourth-order valence-electron chi connectivity index (χ4n) is 3.89. The molecule has 0 saturated carbocycles. The van der Waals surface area contributed by atoms with Gasteiger partial charge in [-0.25, -0.2) is 0 Å². The summed E-state index contributed by atoms with van der Waals surface area (Å²) in [6.07, 6.45) is 2.90. The van der Waals surface area contributed by atoms with Crippen molar-refractivity contribution in [1.29, 1.82) is 0 Å². The molecule has 0 aliphatic heterocycles. The van der Waals surface area contributed by atoms with Gasteiger partial charge in [-0.15, -0.1) is 0 Å². The zero-order valence-corrected chi connectivity index (χ0v) is 20.3. The van der Waals surface area contributed by atoms with Gasteiger partial charge in [-0.1, -0.05) is 48.5 Å². The van der Waals surface area contributed by atoms with E-state index in [0.29, 0.717) is 22.6 Å². The van der Waals surface area contributed by atoms with Crippen LogP contribution in [0.15, 0.2) is 100 Å². The highest BCUT2D eigenvalue weighted by Gasteiger charge is 2.32. The lowest BCUT2D eigenvalue weighted by molar-refractivity contribution is -0.141. The lowest BCUT2D eigenvalue weighted by Gasteiger charge is -2.32. The van der Waals surface area contributed by atoms with Gasteiger partial charge in [-0.05, 0) is 35.9 Å². The van der Waals surface area contributed by atoms with Crippen LogP contribution in [0, 0.1) is 0 Å². The second-order valence-electron chi connectivity index (χ2n) is 8.10. The van der Waals surface area contributed by atoms with Gasteiger partial charge in [-0.3, -0.25) is 14.4 Å². The predicted octanol–water partition coefficient (Wildman–Crippen LogP) is 3.70. The van der Waals surface area contributed by atoms with Gasteiger partial charge in [0.15, 0.2) is 5.76 Å². The molecule has 2 aromatic carbocycles. The molecule has 0 saturated heterocycles. The minimum absolute atomic E-state index is 0.0627. The number of hydrogen-bond acceptors (Lipinski definition) is 6. The highest BCUT2D eigenvalue weighted by atomic mass is 16.5. The Morgan fingerprint density at radius 2 is 1.59 bits per heavy atom. The van der Waals surface area contributed by atoms with Crippen molar-refractivity contribution in [1.82, 2.24) is 15.5 Å². The molecule has 9 heteroatoms. The number of carbonyl (C=O) groups is 3. The standard InChI is InChI=1S/C28H27N3O6/c1-35-23-13-6-5-11-21(23)19-31(25(32)18-30-27(33)24-14-8-16-37-24)26(20-9-3-2-4-10-20)28(34)29-17-22-12-7-15-36-22/h2-16,26H,17-19H2,1H3,(H,29,34)(H,30,33)/t26-/m0/s1. The second kappa shape index (κ2) is 12.3. The van der Waals surface area contributed by atoms with Crippen LogP contribution in [-0.4, -0.2) is 36.3 Å². The molecular weight excluding hydrogens is 474 g/mol. The van der Waals surface area contributed by atoms with Gasteiger partial charge in [0.2, 0.25) is 11.8 Å². The van der Waals surface area contributed by atoms with Crippen molar-refractivity contribution >= 4 is 17.7 Å². The summed E-state index contributed by atoms with van der Waals surface area (Å²) in [4.78, 5) is 41.0. The van der Waals surface area contributed by atoms with Crippen molar-refractivity contribution < 1.29 is 28.0 Å². The summed E-state index contributed by atoms with van der Waals surface area (Å²) in [5, 5.41) is 5.44. The molecule has 2 N–H and O–H groups in total. The molecule has 0 radical (unpaired) electrons. The highest BCUT2D eigenvalue weighted by molar-refractivity contribution is 5.95. The average molecular weight is 502 g/mol. The van der Waals surface area contributed by atoms with Gasteiger partial charge in [0.05, 0.1) is 39.3 Å². The largest absolute Gasteiger partial charge is 0.496 e. The fourth-order valence-corrected chi connectivity index (χ4v) is 3.89. The Kier molecular flexibility index (Phi) is 8.38. The number of nitrogens with zero attached hydrogens (tertiary/aromatic N) is 1. The molecule has 4 aromatic rings. The Morgan fingerprint density at radius 3 is 2.30 bits per heavy atom. The molecule has 0 bridgehead atoms. The number of ether oxygens (including phenoxy) is 1. The van der Waals surface area contributed by atoms with Crippen LogP contribution in [0.3, 0.4) is 0 Å². The summed E-state index contributed by atoms with van der Waals surface area (Å²) < 4.78 is 15.9. The third kappa shape index (κ3) is 6.46. The maximum atomic E-state index is 13.6. The Morgan fingerprint density at radius 1 is 0.865 bits per heavy atom. The predicted molar refractivity (Wildman–Crippen MR) is 134 cm³/mol. The first-order valence-corrected chi connectivity index (χ1v) is 11.6. The molecular formula is C28H27N3O6. The molecule has 1 atom stereocenters. The van der Waals surface area contributed by atoms with Crippen molar-refractivity contribution in [3.8, 4) is 5.75 Å². The number of furan rings is 2. The van der Waals surface area contributed by atoms with Crippen LogP contribution in [0.5, 0.6) is 5.75 Å². The maximum Gasteiger partial charge on any atom is 0.287 e. The molecule has 3 amide bonds. The van der Waals surface area contributed by atoms with E-state index < -0.39 is 23.8 Å². The number of hydrogen-bond donors (Lipinski definition) is 2. The third-order valence-corrected chi connectivity index (χ3v) is 5.69. The van der Waals surface area contributed by atoms with E-state index in [1.165, 1.54) is 23.5 Å². The van der Waals surface area contributed by atoms with Crippen LogP contribution in [0.25, 0.3) is 0 Å². The minimum Gasteiger partial charge on any atom is -0.496 e. The molecule has 190 valence electrons.